The molecule has 0 aliphatic carbocycles. The fraction of sp³-hybridized carbons (Fsp3) is 0.364. The molecule has 0 saturated carbocycles. The van der Waals surface area contributed by atoms with Gasteiger partial charge in [0.05, 0.1) is 0 Å². The second kappa shape index (κ2) is 3.62. The van der Waals surface area contributed by atoms with Crippen LogP contribution in [0, 0.1) is 5.41 Å². The number of hydrogen-bond donors (Lipinski definition) is 1. The molecular formula is C11H14ClNO. The topological polar surface area (TPSA) is 43.1 Å². The van der Waals surface area contributed by atoms with Gasteiger partial charge in [-0.25, -0.2) is 0 Å². The summed E-state index contributed by atoms with van der Waals surface area (Å²) in [6, 6.07) is 4.95. The van der Waals surface area contributed by atoms with Gasteiger partial charge in [-0.2, -0.15) is 0 Å². The van der Waals surface area contributed by atoms with E-state index in [1.165, 1.54) is 0 Å². The number of halogens is 1. The lowest BCUT2D eigenvalue weighted by molar-refractivity contribution is 0.0859. The molecule has 0 aromatic heterocycles. The van der Waals surface area contributed by atoms with Gasteiger partial charge < -0.3 is 5.73 Å². The molecule has 0 saturated heterocycles. The molecular weight excluding hydrogens is 198 g/mol. The molecule has 0 amide bonds. The lowest BCUT2D eigenvalue weighted by atomic mass is 9.86. The van der Waals surface area contributed by atoms with E-state index in [2.05, 4.69) is 0 Å². The van der Waals surface area contributed by atoms with Gasteiger partial charge in [-0.3, -0.25) is 4.79 Å². The summed E-state index contributed by atoms with van der Waals surface area (Å²) in [5.74, 6) is 0.0116. The highest BCUT2D eigenvalue weighted by Gasteiger charge is 2.24. The van der Waals surface area contributed by atoms with Crippen molar-refractivity contribution in [3.05, 3.63) is 28.8 Å². The number of carbonyl (C=O) groups excluding carboxylic acids is 1. The van der Waals surface area contributed by atoms with Crippen molar-refractivity contribution in [1.29, 1.82) is 0 Å². The van der Waals surface area contributed by atoms with Crippen LogP contribution in [0.1, 0.15) is 31.1 Å². The van der Waals surface area contributed by atoms with Crippen molar-refractivity contribution in [1.82, 2.24) is 0 Å². The highest BCUT2D eigenvalue weighted by molar-refractivity contribution is 6.31. The molecule has 0 fully saturated rings. The zero-order valence-corrected chi connectivity index (χ0v) is 9.35. The molecule has 14 heavy (non-hydrogen) atoms. The minimum absolute atomic E-state index is 0.0116. The summed E-state index contributed by atoms with van der Waals surface area (Å²) in [4.78, 5) is 11.9. The molecule has 1 rings (SSSR count). The van der Waals surface area contributed by atoms with Crippen LogP contribution in [0.4, 0.5) is 5.69 Å². The summed E-state index contributed by atoms with van der Waals surface area (Å²) in [5.41, 5.74) is 6.26. The van der Waals surface area contributed by atoms with E-state index in [-0.39, 0.29) is 5.78 Å². The fourth-order valence-electron chi connectivity index (χ4n) is 1.13. The number of nitrogen functional groups attached to an aromatic ring is 1. The number of anilines is 1. The number of ketones is 1. The first-order chi connectivity index (χ1) is 6.32. The maximum atomic E-state index is 11.9. The molecule has 3 heteroatoms. The highest BCUT2D eigenvalue weighted by Crippen LogP contribution is 2.26. The third-order valence-corrected chi connectivity index (χ3v) is 2.18. The standard InChI is InChI=1S/C11H14ClNO/c1-11(2,3)10(14)8-6-7(12)4-5-9(8)13/h4-6H,13H2,1-3H3. The Morgan fingerprint density at radius 1 is 1.36 bits per heavy atom. The van der Waals surface area contributed by atoms with Crippen molar-refractivity contribution in [2.24, 2.45) is 5.41 Å². The van der Waals surface area contributed by atoms with Gasteiger partial charge in [-0.05, 0) is 18.2 Å². The summed E-state index contributed by atoms with van der Waals surface area (Å²) in [6.07, 6.45) is 0. The molecule has 0 heterocycles. The minimum atomic E-state index is -0.432. The van der Waals surface area contributed by atoms with Crippen molar-refractivity contribution in [2.75, 3.05) is 5.73 Å². The predicted molar refractivity (Wildman–Crippen MR) is 59.6 cm³/mol. The van der Waals surface area contributed by atoms with Crippen LogP contribution in [0.3, 0.4) is 0 Å². The van der Waals surface area contributed by atoms with Gasteiger partial charge >= 0.3 is 0 Å². The Morgan fingerprint density at radius 3 is 2.43 bits per heavy atom. The Hall–Kier alpha value is -1.02. The van der Waals surface area contributed by atoms with Crippen molar-refractivity contribution in [3.63, 3.8) is 0 Å². The third-order valence-electron chi connectivity index (χ3n) is 1.94. The summed E-state index contributed by atoms with van der Waals surface area (Å²) in [5, 5.41) is 0.534. The van der Waals surface area contributed by atoms with Crippen molar-refractivity contribution < 1.29 is 4.79 Å². The van der Waals surface area contributed by atoms with E-state index >= 15 is 0 Å². The number of hydrogen-bond acceptors (Lipinski definition) is 2. The van der Waals surface area contributed by atoms with E-state index in [1.807, 2.05) is 20.8 Å². The summed E-state index contributed by atoms with van der Waals surface area (Å²) < 4.78 is 0. The lowest BCUT2D eigenvalue weighted by Crippen LogP contribution is -2.21. The Bertz CT molecular complexity index is 366. The molecule has 0 aliphatic rings. The van der Waals surface area contributed by atoms with Crippen molar-refractivity contribution in [3.8, 4) is 0 Å². The Labute approximate surface area is 89.1 Å². The average molecular weight is 212 g/mol. The molecule has 2 nitrogen and oxygen atoms in total. The molecule has 0 aliphatic heterocycles. The van der Waals surface area contributed by atoms with Gasteiger partial charge in [0.1, 0.15) is 0 Å². The maximum Gasteiger partial charge on any atom is 0.170 e. The normalized spacial score (nSPS) is 11.4. The quantitative estimate of drug-likeness (QED) is 0.573. The van der Waals surface area contributed by atoms with E-state index < -0.39 is 5.41 Å². The molecule has 0 bridgehead atoms. The van der Waals surface area contributed by atoms with Gasteiger partial charge in [0, 0.05) is 21.7 Å². The van der Waals surface area contributed by atoms with Gasteiger partial charge in [-0.1, -0.05) is 32.4 Å². The van der Waals surface area contributed by atoms with Crippen LogP contribution in [0.25, 0.3) is 0 Å². The van der Waals surface area contributed by atoms with Crippen LogP contribution in [-0.2, 0) is 0 Å². The molecule has 2 N–H and O–H groups in total. The summed E-state index contributed by atoms with van der Waals surface area (Å²) in [6.45, 7) is 5.57. The van der Waals surface area contributed by atoms with Gasteiger partial charge in [0.15, 0.2) is 5.78 Å². The number of nitrogens with two attached hydrogens (primary N) is 1. The van der Waals surface area contributed by atoms with Crippen LogP contribution in [-0.4, -0.2) is 5.78 Å². The number of benzene rings is 1. The second-order valence-electron chi connectivity index (χ2n) is 4.31. The second-order valence-corrected chi connectivity index (χ2v) is 4.75. The third kappa shape index (κ3) is 2.26. The Morgan fingerprint density at radius 2 is 1.93 bits per heavy atom. The van der Waals surface area contributed by atoms with Crippen LogP contribution in [0.2, 0.25) is 5.02 Å². The number of rotatable bonds is 1. The zero-order chi connectivity index (χ0) is 10.9. The van der Waals surface area contributed by atoms with E-state index in [0.717, 1.165) is 0 Å². The van der Waals surface area contributed by atoms with Crippen molar-refractivity contribution >= 4 is 23.1 Å². The molecule has 0 spiro atoms. The maximum absolute atomic E-state index is 11.9. The first-order valence-electron chi connectivity index (χ1n) is 4.42. The fourth-order valence-corrected chi connectivity index (χ4v) is 1.30. The SMILES string of the molecule is CC(C)(C)C(=O)c1cc(Cl)ccc1N. The van der Waals surface area contributed by atoms with Crippen LogP contribution < -0.4 is 5.73 Å². The van der Waals surface area contributed by atoms with Crippen LogP contribution >= 0.6 is 11.6 Å². The highest BCUT2D eigenvalue weighted by atomic mass is 35.5. The largest absolute Gasteiger partial charge is 0.398 e. The van der Waals surface area contributed by atoms with E-state index in [4.69, 9.17) is 17.3 Å². The first kappa shape index (κ1) is 11.1. The molecule has 76 valence electrons. The molecule has 1 aromatic carbocycles. The molecule has 0 radical (unpaired) electrons. The summed E-state index contributed by atoms with van der Waals surface area (Å²) >= 11 is 5.80. The Kier molecular flexibility index (Phi) is 2.86. The first-order valence-corrected chi connectivity index (χ1v) is 4.80. The van der Waals surface area contributed by atoms with E-state index in [1.54, 1.807) is 18.2 Å². The van der Waals surface area contributed by atoms with E-state index in [0.29, 0.717) is 16.3 Å². The lowest BCUT2D eigenvalue weighted by Gasteiger charge is -2.17. The van der Waals surface area contributed by atoms with Gasteiger partial charge in [0.25, 0.3) is 0 Å². The minimum Gasteiger partial charge on any atom is -0.398 e. The molecule has 1 aromatic rings. The van der Waals surface area contributed by atoms with Crippen molar-refractivity contribution in [2.45, 2.75) is 20.8 Å². The predicted octanol–water partition coefficient (Wildman–Crippen LogP) is 3.15. The van der Waals surface area contributed by atoms with Crippen LogP contribution in [0.15, 0.2) is 18.2 Å². The number of Topliss-reactive ketones (excluding diaryl/α,β-unsaturated/α-hetero) is 1. The van der Waals surface area contributed by atoms with E-state index in [9.17, 15) is 4.79 Å². The smallest absolute Gasteiger partial charge is 0.170 e. The number of carbonyl (C=O) groups is 1. The van der Waals surface area contributed by atoms with Gasteiger partial charge in [-0.15, -0.1) is 0 Å². The molecule has 0 unspecified atom stereocenters. The van der Waals surface area contributed by atoms with Gasteiger partial charge in [0.2, 0.25) is 0 Å². The Balaban J connectivity index is 3.19. The monoisotopic (exact) mass is 211 g/mol. The average Bonchev–Trinajstić information content (AvgIpc) is 2.06. The summed E-state index contributed by atoms with van der Waals surface area (Å²) in [7, 11) is 0. The zero-order valence-electron chi connectivity index (χ0n) is 8.60. The van der Waals surface area contributed by atoms with Crippen LogP contribution in [0.5, 0.6) is 0 Å². The molecule has 0 atom stereocenters.